The molecule has 0 unspecified atom stereocenters. The predicted molar refractivity (Wildman–Crippen MR) is 88.7 cm³/mol. The molecule has 0 fully saturated rings. The van der Waals surface area contributed by atoms with Crippen LogP contribution in [-0.4, -0.2) is 25.0 Å². The fraction of sp³-hybridized carbons (Fsp3) is 0.529. The minimum Gasteiger partial charge on any atom is -0.496 e. The molecule has 1 aromatic rings. The number of hydrogen-bond acceptors (Lipinski definition) is 4. The summed E-state index contributed by atoms with van der Waals surface area (Å²) in [7, 11) is 1.66. The maximum absolute atomic E-state index is 11.5. The minimum absolute atomic E-state index is 0.0478. The highest BCUT2D eigenvalue weighted by Gasteiger charge is 2.19. The molecule has 0 aromatic heterocycles. The number of rotatable bonds is 3. The number of ether oxygens (including phenoxy) is 2. The molecule has 1 rings (SSSR count). The molecule has 0 heterocycles. The molecular weight excluding hydrogens is 280 g/mol. The Morgan fingerprint density at radius 2 is 1.82 bits per heavy atom. The maximum atomic E-state index is 11.5. The van der Waals surface area contributed by atoms with Crippen molar-refractivity contribution in [2.75, 3.05) is 7.11 Å². The second-order valence-electron chi connectivity index (χ2n) is 7.08. The van der Waals surface area contributed by atoms with Crippen LogP contribution in [0, 0.1) is 0 Å². The van der Waals surface area contributed by atoms with Crippen LogP contribution in [0.2, 0.25) is 0 Å². The number of hydrogen-bond donors (Lipinski definition) is 1. The third kappa shape index (κ3) is 5.76. The second kappa shape index (κ2) is 6.81. The van der Waals surface area contributed by atoms with E-state index < -0.39 is 11.7 Å². The van der Waals surface area contributed by atoms with E-state index in [0.717, 1.165) is 16.9 Å². The third-order valence-electron chi connectivity index (χ3n) is 2.80. The van der Waals surface area contributed by atoms with Crippen LogP contribution in [0.1, 0.15) is 52.7 Å². The summed E-state index contributed by atoms with van der Waals surface area (Å²) < 4.78 is 10.5. The number of benzene rings is 1. The molecule has 0 aliphatic carbocycles. The van der Waals surface area contributed by atoms with Crippen molar-refractivity contribution in [3.05, 3.63) is 29.3 Å². The fourth-order valence-corrected chi connectivity index (χ4v) is 1.85. The first kappa shape index (κ1) is 18.0. The summed E-state index contributed by atoms with van der Waals surface area (Å²) in [4.78, 5) is 11.5. The van der Waals surface area contributed by atoms with Gasteiger partial charge in [0.2, 0.25) is 0 Å². The van der Waals surface area contributed by atoms with Gasteiger partial charge in [-0.15, -0.1) is 0 Å². The van der Waals surface area contributed by atoms with Gasteiger partial charge in [0.1, 0.15) is 11.4 Å². The molecule has 0 spiro atoms. The van der Waals surface area contributed by atoms with E-state index >= 15 is 0 Å². The average Bonchev–Trinajstić information content (AvgIpc) is 2.35. The van der Waals surface area contributed by atoms with Gasteiger partial charge in [0.25, 0.3) is 0 Å². The van der Waals surface area contributed by atoms with Crippen LogP contribution in [0.25, 0.3) is 0 Å². The Bertz CT molecular complexity index is 552. The van der Waals surface area contributed by atoms with Crippen LogP contribution < -0.4 is 10.2 Å². The van der Waals surface area contributed by atoms with Crippen molar-refractivity contribution in [1.82, 2.24) is 5.43 Å². The number of carbonyl (C=O) groups excluding carboxylic acids is 1. The average molecular weight is 306 g/mol. The first-order valence-corrected chi connectivity index (χ1v) is 7.23. The van der Waals surface area contributed by atoms with Gasteiger partial charge in [-0.25, -0.2) is 10.2 Å². The lowest BCUT2D eigenvalue weighted by Gasteiger charge is -2.22. The molecular formula is C17H26N2O3. The van der Waals surface area contributed by atoms with Gasteiger partial charge < -0.3 is 9.47 Å². The summed E-state index contributed by atoms with van der Waals surface area (Å²) in [5, 5.41) is 3.91. The van der Waals surface area contributed by atoms with Crippen LogP contribution in [0.15, 0.2) is 23.3 Å². The van der Waals surface area contributed by atoms with Crippen LogP contribution in [0.5, 0.6) is 5.75 Å². The Kier molecular flexibility index (Phi) is 5.58. The zero-order valence-corrected chi connectivity index (χ0v) is 14.5. The zero-order valence-electron chi connectivity index (χ0n) is 14.5. The van der Waals surface area contributed by atoms with Crippen molar-refractivity contribution in [2.45, 2.75) is 52.6 Å². The van der Waals surface area contributed by atoms with Crippen LogP contribution >= 0.6 is 0 Å². The van der Waals surface area contributed by atoms with Crippen molar-refractivity contribution in [3.8, 4) is 5.75 Å². The highest BCUT2D eigenvalue weighted by Crippen LogP contribution is 2.31. The largest absolute Gasteiger partial charge is 0.496 e. The molecule has 122 valence electrons. The van der Waals surface area contributed by atoms with Gasteiger partial charge in [0, 0.05) is 5.56 Å². The van der Waals surface area contributed by atoms with Gasteiger partial charge in [-0.1, -0.05) is 20.8 Å². The molecule has 0 atom stereocenters. The fourth-order valence-electron chi connectivity index (χ4n) is 1.85. The van der Waals surface area contributed by atoms with E-state index in [9.17, 15) is 4.79 Å². The molecule has 0 radical (unpaired) electrons. The van der Waals surface area contributed by atoms with Crippen molar-refractivity contribution >= 4 is 12.3 Å². The highest BCUT2D eigenvalue weighted by molar-refractivity contribution is 5.81. The number of nitrogens with one attached hydrogen (secondary N) is 1. The van der Waals surface area contributed by atoms with E-state index in [2.05, 4.69) is 31.3 Å². The Morgan fingerprint density at radius 1 is 1.18 bits per heavy atom. The highest BCUT2D eigenvalue weighted by atomic mass is 16.6. The van der Waals surface area contributed by atoms with E-state index in [0.29, 0.717) is 0 Å². The lowest BCUT2D eigenvalue weighted by atomic mass is 9.85. The summed E-state index contributed by atoms with van der Waals surface area (Å²) in [6, 6.07) is 5.78. The number of nitrogens with zero attached hydrogens (tertiary/aromatic N) is 1. The number of carbonyl (C=O) groups is 1. The molecule has 1 amide bonds. The summed E-state index contributed by atoms with van der Waals surface area (Å²) >= 11 is 0. The molecule has 1 N–H and O–H groups in total. The Labute approximate surface area is 132 Å². The van der Waals surface area contributed by atoms with Crippen LogP contribution in [0.3, 0.4) is 0 Å². The van der Waals surface area contributed by atoms with Crippen LogP contribution in [-0.2, 0) is 10.2 Å². The monoisotopic (exact) mass is 306 g/mol. The second-order valence-corrected chi connectivity index (χ2v) is 7.08. The summed E-state index contributed by atoms with van der Waals surface area (Å²) in [6.45, 7) is 11.8. The maximum Gasteiger partial charge on any atom is 0.428 e. The Hall–Kier alpha value is -2.04. The molecule has 0 bridgehead atoms. The van der Waals surface area contributed by atoms with Gasteiger partial charge in [0.05, 0.1) is 13.3 Å². The normalized spacial score (nSPS) is 12.3. The summed E-state index contributed by atoms with van der Waals surface area (Å²) in [5.41, 5.74) is 3.72. The van der Waals surface area contributed by atoms with E-state index in [1.807, 2.05) is 18.2 Å². The van der Waals surface area contributed by atoms with E-state index in [4.69, 9.17) is 9.47 Å². The number of amides is 1. The molecule has 0 saturated heterocycles. The van der Waals surface area contributed by atoms with Gasteiger partial charge >= 0.3 is 6.09 Å². The van der Waals surface area contributed by atoms with E-state index in [1.165, 1.54) is 0 Å². The van der Waals surface area contributed by atoms with Gasteiger partial charge in [-0.05, 0) is 49.9 Å². The lowest BCUT2D eigenvalue weighted by molar-refractivity contribution is 0.0529. The molecule has 5 heteroatoms. The smallest absolute Gasteiger partial charge is 0.428 e. The first-order valence-electron chi connectivity index (χ1n) is 7.23. The number of methoxy groups -OCH3 is 1. The SMILES string of the molecule is COc1ccc(C=NNC(=O)OC(C)(C)C)cc1C(C)(C)C. The quantitative estimate of drug-likeness (QED) is 0.681. The molecule has 0 aliphatic rings. The Balaban J connectivity index is 2.82. The van der Waals surface area contributed by atoms with Crippen molar-refractivity contribution in [1.29, 1.82) is 0 Å². The predicted octanol–water partition coefficient (Wildman–Crippen LogP) is 3.85. The number of hydrazone groups is 1. The molecule has 0 aliphatic heterocycles. The van der Waals surface area contributed by atoms with Gasteiger partial charge in [-0.2, -0.15) is 5.10 Å². The first-order chi connectivity index (χ1) is 10.0. The minimum atomic E-state index is -0.576. The lowest BCUT2D eigenvalue weighted by Crippen LogP contribution is -2.29. The molecule has 1 aromatic carbocycles. The van der Waals surface area contributed by atoms with Crippen molar-refractivity contribution < 1.29 is 14.3 Å². The van der Waals surface area contributed by atoms with Gasteiger partial charge in [-0.3, -0.25) is 0 Å². The van der Waals surface area contributed by atoms with Crippen LogP contribution in [0.4, 0.5) is 4.79 Å². The van der Waals surface area contributed by atoms with E-state index in [-0.39, 0.29) is 5.41 Å². The van der Waals surface area contributed by atoms with Crippen molar-refractivity contribution in [3.63, 3.8) is 0 Å². The standard InChI is InChI=1S/C17H26N2O3/c1-16(2,3)13-10-12(8-9-14(13)21-7)11-18-19-15(20)22-17(4,5)6/h8-11H,1-7H3,(H,19,20). The summed E-state index contributed by atoms with van der Waals surface area (Å²) in [6.07, 6.45) is 1.01. The zero-order chi connectivity index (χ0) is 17.0. The van der Waals surface area contributed by atoms with Crippen molar-refractivity contribution in [2.24, 2.45) is 5.10 Å². The molecule has 5 nitrogen and oxygen atoms in total. The third-order valence-corrected chi connectivity index (χ3v) is 2.80. The molecule has 0 saturated carbocycles. The summed E-state index contributed by atoms with van der Waals surface area (Å²) in [5.74, 6) is 0.838. The topological polar surface area (TPSA) is 59.9 Å². The van der Waals surface area contributed by atoms with Gasteiger partial charge in [0.15, 0.2) is 0 Å². The Morgan fingerprint density at radius 3 is 2.32 bits per heavy atom. The van der Waals surface area contributed by atoms with E-state index in [1.54, 1.807) is 34.1 Å². The molecule has 22 heavy (non-hydrogen) atoms.